The first kappa shape index (κ1) is 15.0. The molecule has 2 rings (SSSR count). The molecule has 0 aliphatic carbocycles. The van der Waals surface area contributed by atoms with Gasteiger partial charge in [-0.2, -0.15) is 5.10 Å². The van der Waals surface area contributed by atoms with Crippen molar-refractivity contribution in [1.82, 2.24) is 19.7 Å². The molecule has 0 amide bonds. The number of carbonyl (C=O) groups excluding carboxylic acids is 1. The lowest BCUT2D eigenvalue weighted by atomic mass is 10.2. The van der Waals surface area contributed by atoms with Crippen molar-refractivity contribution in [3.05, 3.63) is 29.8 Å². The predicted molar refractivity (Wildman–Crippen MR) is 78.6 cm³/mol. The van der Waals surface area contributed by atoms with Crippen LogP contribution in [-0.2, 0) is 4.74 Å². The van der Waals surface area contributed by atoms with E-state index < -0.39 is 5.97 Å². The number of hydrogen-bond acceptors (Lipinski definition) is 6. The maximum atomic E-state index is 11.7. The van der Waals surface area contributed by atoms with Gasteiger partial charge in [-0.15, -0.1) is 0 Å². The fourth-order valence-corrected chi connectivity index (χ4v) is 1.75. The van der Waals surface area contributed by atoms with Crippen LogP contribution >= 0.6 is 0 Å². The Balaban J connectivity index is 2.14. The van der Waals surface area contributed by atoms with Gasteiger partial charge in [-0.05, 0) is 27.7 Å². The standard InChI is InChI=1S/C14H19N5O2/c1-5-21-13(20)12-7-15-14(17-10(12)4)18-11-6-16-19(8-11)9(2)3/h6-9H,5H2,1-4H3,(H,15,17,18). The van der Waals surface area contributed by atoms with E-state index >= 15 is 0 Å². The molecular formula is C14H19N5O2. The van der Waals surface area contributed by atoms with Crippen LogP contribution in [-0.4, -0.2) is 32.3 Å². The van der Waals surface area contributed by atoms with Crippen LogP contribution in [0.1, 0.15) is 42.9 Å². The average Bonchev–Trinajstić information content (AvgIpc) is 2.87. The minimum absolute atomic E-state index is 0.286. The third-order valence-corrected chi connectivity index (χ3v) is 2.86. The second kappa shape index (κ2) is 6.34. The molecule has 0 atom stereocenters. The average molecular weight is 289 g/mol. The van der Waals surface area contributed by atoms with Gasteiger partial charge in [0.1, 0.15) is 0 Å². The van der Waals surface area contributed by atoms with Crippen LogP contribution in [0.4, 0.5) is 11.6 Å². The van der Waals surface area contributed by atoms with Crippen molar-refractivity contribution in [3.63, 3.8) is 0 Å². The summed E-state index contributed by atoms with van der Waals surface area (Å²) in [5.41, 5.74) is 1.74. The molecule has 7 nitrogen and oxygen atoms in total. The monoisotopic (exact) mass is 289 g/mol. The first-order chi connectivity index (χ1) is 10.0. The summed E-state index contributed by atoms with van der Waals surface area (Å²) in [6, 6.07) is 0.286. The molecule has 2 aromatic heterocycles. The second-order valence-electron chi connectivity index (χ2n) is 4.84. The Bertz CT molecular complexity index is 636. The van der Waals surface area contributed by atoms with E-state index in [1.165, 1.54) is 6.20 Å². The van der Waals surface area contributed by atoms with Crippen LogP contribution in [0.15, 0.2) is 18.6 Å². The highest BCUT2D eigenvalue weighted by Gasteiger charge is 2.13. The van der Waals surface area contributed by atoms with Gasteiger partial charge in [-0.3, -0.25) is 4.68 Å². The molecule has 112 valence electrons. The van der Waals surface area contributed by atoms with Crippen LogP contribution in [0.25, 0.3) is 0 Å². The van der Waals surface area contributed by atoms with Crippen molar-refractivity contribution in [2.45, 2.75) is 33.7 Å². The van der Waals surface area contributed by atoms with Gasteiger partial charge in [0.05, 0.1) is 29.7 Å². The SMILES string of the molecule is CCOC(=O)c1cnc(Nc2cnn(C(C)C)c2)nc1C. The minimum atomic E-state index is -0.408. The maximum absolute atomic E-state index is 11.7. The van der Waals surface area contributed by atoms with Gasteiger partial charge < -0.3 is 10.1 Å². The van der Waals surface area contributed by atoms with Gasteiger partial charge in [-0.1, -0.05) is 0 Å². The molecule has 0 aliphatic rings. The molecule has 2 aromatic rings. The van der Waals surface area contributed by atoms with E-state index in [0.717, 1.165) is 5.69 Å². The van der Waals surface area contributed by atoms with Crippen molar-refractivity contribution in [3.8, 4) is 0 Å². The largest absolute Gasteiger partial charge is 0.462 e. The highest BCUT2D eigenvalue weighted by molar-refractivity contribution is 5.90. The zero-order valence-corrected chi connectivity index (χ0v) is 12.6. The van der Waals surface area contributed by atoms with Crippen molar-refractivity contribution < 1.29 is 9.53 Å². The van der Waals surface area contributed by atoms with Crippen molar-refractivity contribution in [1.29, 1.82) is 0 Å². The summed E-state index contributed by atoms with van der Waals surface area (Å²) >= 11 is 0. The second-order valence-corrected chi connectivity index (χ2v) is 4.84. The molecule has 7 heteroatoms. The fourth-order valence-electron chi connectivity index (χ4n) is 1.75. The number of nitrogens with zero attached hydrogens (tertiary/aromatic N) is 4. The fraction of sp³-hybridized carbons (Fsp3) is 0.429. The number of rotatable bonds is 5. The summed E-state index contributed by atoms with van der Waals surface area (Å²) in [5.74, 6) is 0.0121. The number of carbonyl (C=O) groups is 1. The normalized spacial score (nSPS) is 10.7. The highest BCUT2D eigenvalue weighted by Crippen LogP contribution is 2.15. The van der Waals surface area contributed by atoms with Crippen molar-refractivity contribution >= 4 is 17.6 Å². The summed E-state index contributed by atoms with van der Waals surface area (Å²) in [6.45, 7) is 7.93. The number of nitrogens with one attached hydrogen (secondary N) is 1. The molecule has 0 aromatic carbocycles. The summed E-state index contributed by atoms with van der Waals surface area (Å²) in [7, 11) is 0. The maximum Gasteiger partial charge on any atom is 0.341 e. The summed E-state index contributed by atoms with van der Waals surface area (Å²) in [6.07, 6.45) is 5.05. The number of aromatic nitrogens is 4. The summed E-state index contributed by atoms with van der Waals surface area (Å²) in [5, 5.41) is 7.29. The zero-order valence-electron chi connectivity index (χ0n) is 12.6. The van der Waals surface area contributed by atoms with Crippen molar-refractivity contribution in [2.75, 3.05) is 11.9 Å². The highest BCUT2D eigenvalue weighted by atomic mass is 16.5. The van der Waals surface area contributed by atoms with Crippen LogP contribution in [0.2, 0.25) is 0 Å². The summed E-state index contributed by atoms with van der Waals surface area (Å²) in [4.78, 5) is 20.1. The molecule has 2 heterocycles. The lowest BCUT2D eigenvalue weighted by Gasteiger charge is -2.07. The lowest BCUT2D eigenvalue weighted by molar-refractivity contribution is 0.0524. The molecule has 0 radical (unpaired) electrons. The van der Waals surface area contributed by atoms with Gasteiger partial charge in [0.25, 0.3) is 0 Å². The molecular weight excluding hydrogens is 270 g/mol. The predicted octanol–water partition coefficient (Wildman–Crippen LogP) is 2.48. The Hall–Kier alpha value is -2.44. The molecule has 21 heavy (non-hydrogen) atoms. The van der Waals surface area contributed by atoms with Gasteiger partial charge in [0.2, 0.25) is 5.95 Å². The number of hydrogen-bond donors (Lipinski definition) is 1. The van der Waals surface area contributed by atoms with Gasteiger partial charge in [0, 0.05) is 18.4 Å². The van der Waals surface area contributed by atoms with Gasteiger partial charge >= 0.3 is 5.97 Å². The van der Waals surface area contributed by atoms with E-state index in [2.05, 4.69) is 20.4 Å². The number of ether oxygens (including phenoxy) is 1. The Kier molecular flexibility index (Phi) is 4.52. The van der Waals surface area contributed by atoms with E-state index in [1.807, 2.05) is 24.7 Å². The third-order valence-electron chi connectivity index (χ3n) is 2.86. The van der Waals surface area contributed by atoms with E-state index in [-0.39, 0.29) is 6.04 Å². The smallest absolute Gasteiger partial charge is 0.341 e. The Morgan fingerprint density at radius 3 is 2.76 bits per heavy atom. The lowest BCUT2D eigenvalue weighted by Crippen LogP contribution is -2.10. The van der Waals surface area contributed by atoms with Crippen molar-refractivity contribution in [2.24, 2.45) is 0 Å². The molecule has 0 saturated heterocycles. The van der Waals surface area contributed by atoms with Gasteiger partial charge in [-0.25, -0.2) is 14.8 Å². The third kappa shape index (κ3) is 3.56. The van der Waals surface area contributed by atoms with E-state index in [0.29, 0.717) is 23.8 Å². The molecule has 0 fully saturated rings. The van der Waals surface area contributed by atoms with Crippen LogP contribution in [0, 0.1) is 6.92 Å². The molecule has 0 spiro atoms. The number of esters is 1. The van der Waals surface area contributed by atoms with Crippen LogP contribution in [0.5, 0.6) is 0 Å². The summed E-state index contributed by atoms with van der Waals surface area (Å²) < 4.78 is 6.78. The Labute approximate surface area is 123 Å². The number of aryl methyl sites for hydroxylation is 1. The van der Waals surface area contributed by atoms with E-state index in [1.54, 1.807) is 20.0 Å². The zero-order chi connectivity index (χ0) is 15.4. The minimum Gasteiger partial charge on any atom is -0.462 e. The van der Waals surface area contributed by atoms with Crippen LogP contribution in [0.3, 0.4) is 0 Å². The topological polar surface area (TPSA) is 81.9 Å². The molecule has 0 bridgehead atoms. The molecule has 1 N–H and O–H groups in total. The number of anilines is 2. The Morgan fingerprint density at radius 1 is 1.43 bits per heavy atom. The first-order valence-electron chi connectivity index (χ1n) is 6.83. The quantitative estimate of drug-likeness (QED) is 0.851. The van der Waals surface area contributed by atoms with Gasteiger partial charge in [0.15, 0.2) is 0 Å². The van der Waals surface area contributed by atoms with E-state index in [4.69, 9.17) is 4.74 Å². The van der Waals surface area contributed by atoms with E-state index in [9.17, 15) is 4.79 Å². The molecule has 0 saturated carbocycles. The first-order valence-corrected chi connectivity index (χ1v) is 6.83. The Morgan fingerprint density at radius 2 is 2.19 bits per heavy atom. The molecule has 0 unspecified atom stereocenters. The van der Waals surface area contributed by atoms with Crippen LogP contribution < -0.4 is 5.32 Å². The molecule has 0 aliphatic heterocycles.